The van der Waals surface area contributed by atoms with Crippen molar-refractivity contribution in [3.63, 3.8) is 0 Å². The van der Waals surface area contributed by atoms with Crippen LogP contribution in [-0.4, -0.2) is 53.4 Å². The lowest BCUT2D eigenvalue weighted by atomic mass is 10.0. The Morgan fingerprint density at radius 2 is 1.83 bits per heavy atom. The first-order chi connectivity index (χ1) is 8.38. The van der Waals surface area contributed by atoms with Crippen molar-refractivity contribution >= 4 is 17.9 Å². The highest BCUT2D eigenvalue weighted by Crippen LogP contribution is 2.07. The van der Waals surface area contributed by atoms with E-state index in [1.54, 1.807) is 0 Å². The van der Waals surface area contributed by atoms with Gasteiger partial charge in [0.2, 0.25) is 0 Å². The molecule has 0 aromatic heterocycles. The van der Waals surface area contributed by atoms with Crippen LogP contribution < -0.4 is 11.1 Å². The molecule has 0 spiro atoms. The van der Waals surface area contributed by atoms with Crippen molar-refractivity contribution in [3.05, 3.63) is 0 Å². The molecule has 104 valence electrons. The van der Waals surface area contributed by atoms with Gasteiger partial charge in [-0.3, -0.25) is 4.79 Å². The number of aliphatic carboxylic acids is 2. The summed E-state index contributed by atoms with van der Waals surface area (Å²) in [6.45, 7) is 2.97. The van der Waals surface area contributed by atoms with Gasteiger partial charge in [0.05, 0.1) is 6.61 Å². The Morgan fingerprint density at radius 1 is 1.28 bits per heavy atom. The average molecular weight is 262 g/mol. The van der Waals surface area contributed by atoms with E-state index in [4.69, 9.17) is 30.3 Å². The van der Waals surface area contributed by atoms with Crippen LogP contribution in [0, 0.1) is 0 Å². The maximum atomic E-state index is 11.2. The van der Waals surface area contributed by atoms with Gasteiger partial charge in [-0.1, -0.05) is 0 Å². The van der Waals surface area contributed by atoms with Crippen LogP contribution in [0.1, 0.15) is 19.8 Å². The lowest BCUT2D eigenvalue weighted by molar-refractivity contribution is -0.159. The summed E-state index contributed by atoms with van der Waals surface area (Å²) in [6, 6.07) is 0.0560. The third-order valence-electron chi connectivity index (χ3n) is 2.21. The Bertz CT molecular complexity index is 287. The van der Waals surface area contributed by atoms with Crippen molar-refractivity contribution in [3.8, 4) is 0 Å². The number of esters is 1. The molecule has 0 bridgehead atoms. The number of carbonyl (C=O) groups is 3. The van der Waals surface area contributed by atoms with Crippen LogP contribution >= 0.6 is 0 Å². The molecule has 1 aliphatic heterocycles. The normalized spacial score (nSPS) is 22.3. The van der Waals surface area contributed by atoms with E-state index < -0.39 is 11.9 Å². The molecule has 0 aliphatic carbocycles. The highest BCUT2D eigenvalue weighted by atomic mass is 16.5. The number of carboxylic acids is 2. The van der Waals surface area contributed by atoms with Gasteiger partial charge in [0, 0.05) is 12.6 Å². The second kappa shape index (κ2) is 8.43. The van der Waals surface area contributed by atoms with Gasteiger partial charge < -0.3 is 26.0 Å². The topological polar surface area (TPSA) is 139 Å². The van der Waals surface area contributed by atoms with Gasteiger partial charge in [-0.25, -0.2) is 9.59 Å². The standard InChI is InChI=1S/C8H16N2O2.C2H2O4/c1-2-12-8(11)7-4-3-6(9)5-10-7;3-1(4)2(5)6/h6-7,10H,2-5,9H2,1H3;(H,3,4)(H,5,6)/t6-,7+;/m1./s1. The third-order valence-corrected chi connectivity index (χ3v) is 2.21. The minimum atomic E-state index is -1.82. The van der Waals surface area contributed by atoms with E-state index >= 15 is 0 Å². The molecular formula is C10H18N2O6. The number of piperidine rings is 1. The maximum absolute atomic E-state index is 11.2. The predicted octanol–water partition coefficient (Wildman–Crippen LogP) is -1.22. The number of hydrogen-bond donors (Lipinski definition) is 4. The fourth-order valence-electron chi connectivity index (χ4n) is 1.32. The fraction of sp³-hybridized carbons (Fsp3) is 0.700. The van der Waals surface area contributed by atoms with E-state index in [9.17, 15) is 4.79 Å². The first-order valence-electron chi connectivity index (χ1n) is 5.50. The molecule has 0 radical (unpaired) electrons. The monoisotopic (exact) mass is 262 g/mol. The molecule has 8 nitrogen and oxygen atoms in total. The first-order valence-corrected chi connectivity index (χ1v) is 5.50. The fourth-order valence-corrected chi connectivity index (χ4v) is 1.32. The van der Waals surface area contributed by atoms with E-state index in [-0.39, 0.29) is 18.1 Å². The minimum Gasteiger partial charge on any atom is -0.473 e. The Kier molecular flexibility index (Phi) is 7.64. The summed E-state index contributed by atoms with van der Waals surface area (Å²) in [5.41, 5.74) is 5.66. The molecule has 0 unspecified atom stereocenters. The predicted molar refractivity (Wildman–Crippen MR) is 60.9 cm³/mol. The van der Waals surface area contributed by atoms with Crippen LogP contribution in [0.25, 0.3) is 0 Å². The lowest BCUT2D eigenvalue weighted by Gasteiger charge is -2.25. The highest BCUT2D eigenvalue weighted by Gasteiger charge is 2.24. The van der Waals surface area contributed by atoms with Gasteiger partial charge in [-0.05, 0) is 19.8 Å². The summed E-state index contributed by atoms with van der Waals surface area (Å²) >= 11 is 0. The number of carboxylic acid groups (broad SMARTS) is 2. The Morgan fingerprint density at radius 3 is 2.17 bits per heavy atom. The Balaban J connectivity index is 0.000000411. The summed E-state index contributed by atoms with van der Waals surface area (Å²) < 4.78 is 4.87. The van der Waals surface area contributed by atoms with Crippen LogP contribution in [0.15, 0.2) is 0 Å². The van der Waals surface area contributed by atoms with Gasteiger partial charge in [-0.2, -0.15) is 0 Å². The molecule has 1 heterocycles. The van der Waals surface area contributed by atoms with Crippen LogP contribution in [0.2, 0.25) is 0 Å². The smallest absolute Gasteiger partial charge is 0.414 e. The van der Waals surface area contributed by atoms with E-state index in [2.05, 4.69) is 5.32 Å². The zero-order chi connectivity index (χ0) is 14.1. The summed E-state index contributed by atoms with van der Waals surface area (Å²) in [6.07, 6.45) is 1.69. The zero-order valence-electron chi connectivity index (χ0n) is 10.1. The molecule has 0 aromatic rings. The lowest BCUT2D eigenvalue weighted by Crippen LogP contribution is -2.49. The van der Waals surface area contributed by atoms with Crippen LogP contribution in [0.4, 0.5) is 0 Å². The first kappa shape index (κ1) is 16.3. The Labute approximate surface area is 104 Å². The van der Waals surface area contributed by atoms with Crippen molar-refractivity contribution in [2.75, 3.05) is 13.2 Å². The number of ether oxygens (including phenoxy) is 1. The molecule has 1 saturated heterocycles. The molecular weight excluding hydrogens is 244 g/mol. The summed E-state index contributed by atoms with van der Waals surface area (Å²) in [5.74, 6) is -3.80. The quantitative estimate of drug-likeness (QED) is 0.359. The number of carbonyl (C=O) groups excluding carboxylic acids is 1. The maximum Gasteiger partial charge on any atom is 0.414 e. The van der Waals surface area contributed by atoms with Crippen molar-refractivity contribution in [1.29, 1.82) is 0 Å². The highest BCUT2D eigenvalue weighted by molar-refractivity contribution is 6.27. The molecule has 5 N–H and O–H groups in total. The molecule has 1 rings (SSSR count). The van der Waals surface area contributed by atoms with Crippen molar-refractivity contribution in [2.45, 2.75) is 31.8 Å². The summed E-state index contributed by atoms with van der Waals surface area (Å²) in [5, 5.41) is 17.8. The Hall–Kier alpha value is -1.67. The minimum absolute atomic E-state index is 0.134. The van der Waals surface area contributed by atoms with E-state index in [1.807, 2.05) is 6.92 Å². The van der Waals surface area contributed by atoms with Crippen LogP contribution in [0.5, 0.6) is 0 Å². The second-order valence-electron chi connectivity index (χ2n) is 3.66. The molecule has 1 aliphatic rings. The average Bonchev–Trinajstić information content (AvgIpc) is 2.30. The molecule has 0 saturated carbocycles. The van der Waals surface area contributed by atoms with E-state index in [0.29, 0.717) is 13.2 Å². The largest absolute Gasteiger partial charge is 0.473 e. The number of rotatable bonds is 2. The number of nitrogens with two attached hydrogens (primary N) is 1. The molecule has 0 aromatic carbocycles. The molecule has 0 amide bonds. The summed E-state index contributed by atoms with van der Waals surface area (Å²) in [4.78, 5) is 29.4. The van der Waals surface area contributed by atoms with Gasteiger partial charge in [0.1, 0.15) is 6.04 Å². The van der Waals surface area contributed by atoms with Crippen LogP contribution in [-0.2, 0) is 19.1 Å². The summed E-state index contributed by atoms with van der Waals surface area (Å²) in [7, 11) is 0. The van der Waals surface area contributed by atoms with Gasteiger partial charge >= 0.3 is 17.9 Å². The van der Waals surface area contributed by atoms with Gasteiger partial charge in [0.25, 0.3) is 0 Å². The van der Waals surface area contributed by atoms with E-state index in [0.717, 1.165) is 12.8 Å². The number of nitrogens with one attached hydrogen (secondary N) is 1. The van der Waals surface area contributed by atoms with Crippen molar-refractivity contribution < 1.29 is 29.3 Å². The van der Waals surface area contributed by atoms with Crippen molar-refractivity contribution in [2.24, 2.45) is 5.73 Å². The SMILES string of the molecule is CCOC(=O)[C@@H]1CC[C@@H](N)CN1.O=C(O)C(=O)O. The van der Waals surface area contributed by atoms with Crippen LogP contribution in [0.3, 0.4) is 0 Å². The zero-order valence-corrected chi connectivity index (χ0v) is 10.1. The second-order valence-corrected chi connectivity index (χ2v) is 3.66. The molecule has 8 heteroatoms. The molecule has 1 fully saturated rings. The van der Waals surface area contributed by atoms with Crippen molar-refractivity contribution in [1.82, 2.24) is 5.32 Å². The number of hydrogen-bond acceptors (Lipinski definition) is 6. The van der Waals surface area contributed by atoms with E-state index in [1.165, 1.54) is 0 Å². The third kappa shape index (κ3) is 6.81. The van der Waals surface area contributed by atoms with Gasteiger partial charge in [-0.15, -0.1) is 0 Å². The van der Waals surface area contributed by atoms with Gasteiger partial charge in [0.15, 0.2) is 0 Å². The molecule has 2 atom stereocenters. The molecule has 18 heavy (non-hydrogen) atoms.